The Morgan fingerprint density at radius 2 is 2.00 bits per heavy atom. The number of nitrogens with one attached hydrogen (secondary N) is 1. The van der Waals surface area contributed by atoms with Gasteiger partial charge in [-0.15, -0.1) is 0 Å². The molecule has 1 aromatic rings. The van der Waals surface area contributed by atoms with Gasteiger partial charge in [-0.25, -0.2) is 13.1 Å². The number of ether oxygens (including phenoxy) is 1. The Morgan fingerprint density at radius 3 is 2.65 bits per heavy atom. The third kappa shape index (κ3) is 5.27. The fourth-order valence-corrected chi connectivity index (χ4v) is 2.64. The van der Waals surface area contributed by atoms with E-state index in [0.717, 1.165) is 6.54 Å². The average molecular weight is 297 g/mol. The minimum Gasteiger partial charge on any atom is -0.379 e. The summed E-state index contributed by atoms with van der Waals surface area (Å²) in [5.41, 5.74) is 0.133. The third-order valence-electron chi connectivity index (χ3n) is 2.52. The lowest BCUT2D eigenvalue weighted by Gasteiger charge is -2.11. The Hall–Kier alpha value is -1.46. The molecule has 0 unspecified atom stereocenters. The van der Waals surface area contributed by atoms with Gasteiger partial charge in [0.05, 0.1) is 23.7 Å². The van der Waals surface area contributed by atoms with Gasteiger partial charge in [0.15, 0.2) is 0 Å². The molecule has 7 heteroatoms. The Balaban J connectivity index is 2.49. The van der Waals surface area contributed by atoms with Crippen LogP contribution in [0.3, 0.4) is 0 Å². The number of nitriles is 1. The molecule has 0 aliphatic heterocycles. The first-order valence-corrected chi connectivity index (χ1v) is 7.67. The molecule has 0 aliphatic carbocycles. The zero-order valence-corrected chi connectivity index (χ0v) is 12.5. The Kier molecular flexibility index (Phi) is 6.61. The van der Waals surface area contributed by atoms with Crippen molar-refractivity contribution < 1.29 is 13.2 Å². The number of benzene rings is 1. The SMILES string of the molecule is CN(C)CCOCCNS(=O)(=O)c1ccccc1C#N. The summed E-state index contributed by atoms with van der Waals surface area (Å²) in [6, 6.07) is 7.97. The fourth-order valence-electron chi connectivity index (χ4n) is 1.47. The summed E-state index contributed by atoms with van der Waals surface area (Å²) in [5, 5.41) is 8.90. The topological polar surface area (TPSA) is 82.4 Å². The molecular formula is C13H19N3O3S. The van der Waals surface area contributed by atoms with Gasteiger partial charge >= 0.3 is 0 Å². The summed E-state index contributed by atoms with van der Waals surface area (Å²) >= 11 is 0. The lowest BCUT2D eigenvalue weighted by molar-refractivity contribution is 0.122. The van der Waals surface area contributed by atoms with Crippen LogP contribution in [-0.2, 0) is 14.8 Å². The largest absolute Gasteiger partial charge is 0.379 e. The van der Waals surface area contributed by atoms with Crippen LogP contribution in [0.4, 0.5) is 0 Å². The van der Waals surface area contributed by atoms with Crippen LogP contribution < -0.4 is 4.72 Å². The molecule has 0 saturated heterocycles. The summed E-state index contributed by atoms with van der Waals surface area (Å²) in [6.45, 7) is 1.80. The van der Waals surface area contributed by atoms with Crippen LogP contribution in [0.2, 0.25) is 0 Å². The van der Waals surface area contributed by atoms with Gasteiger partial charge in [0.1, 0.15) is 6.07 Å². The second-order valence-electron chi connectivity index (χ2n) is 4.42. The van der Waals surface area contributed by atoms with Gasteiger partial charge < -0.3 is 9.64 Å². The predicted molar refractivity (Wildman–Crippen MR) is 75.7 cm³/mol. The van der Waals surface area contributed by atoms with Crippen LogP contribution >= 0.6 is 0 Å². The van der Waals surface area contributed by atoms with Crippen molar-refractivity contribution in [3.8, 4) is 6.07 Å². The smallest absolute Gasteiger partial charge is 0.241 e. The predicted octanol–water partition coefficient (Wildman–Crippen LogP) is 0.415. The molecule has 20 heavy (non-hydrogen) atoms. The lowest BCUT2D eigenvalue weighted by atomic mass is 10.2. The van der Waals surface area contributed by atoms with E-state index in [1.54, 1.807) is 12.1 Å². The highest BCUT2D eigenvalue weighted by molar-refractivity contribution is 7.89. The molecule has 1 rings (SSSR count). The Bertz CT molecular complexity index is 564. The average Bonchev–Trinajstić information content (AvgIpc) is 2.42. The molecule has 0 fully saturated rings. The van der Waals surface area contributed by atoms with Crippen molar-refractivity contribution in [1.29, 1.82) is 5.26 Å². The van der Waals surface area contributed by atoms with Crippen molar-refractivity contribution in [2.75, 3.05) is 40.4 Å². The van der Waals surface area contributed by atoms with Crippen LogP contribution in [-0.4, -0.2) is 53.7 Å². The quantitative estimate of drug-likeness (QED) is 0.703. The van der Waals surface area contributed by atoms with Crippen molar-refractivity contribution in [2.45, 2.75) is 4.90 Å². The summed E-state index contributed by atoms with van der Waals surface area (Å²) in [5.74, 6) is 0. The molecule has 0 atom stereocenters. The van der Waals surface area contributed by atoms with E-state index in [-0.39, 0.29) is 17.0 Å². The number of hydrogen-bond donors (Lipinski definition) is 1. The highest BCUT2D eigenvalue weighted by atomic mass is 32.2. The molecule has 110 valence electrons. The summed E-state index contributed by atoms with van der Waals surface area (Å²) in [7, 11) is 0.201. The molecule has 0 aliphatic rings. The molecule has 0 spiro atoms. The number of likely N-dealkylation sites (N-methyl/N-ethyl adjacent to an activating group) is 1. The van der Waals surface area contributed by atoms with Gasteiger partial charge in [0.25, 0.3) is 0 Å². The maximum absolute atomic E-state index is 12.0. The second kappa shape index (κ2) is 7.97. The summed E-state index contributed by atoms with van der Waals surface area (Å²) in [6.07, 6.45) is 0. The maximum atomic E-state index is 12.0. The van der Waals surface area contributed by atoms with Crippen LogP contribution in [0, 0.1) is 11.3 Å². The first kappa shape index (κ1) is 16.6. The van der Waals surface area contributed by atoms with Crippen molar-refractivity contribution >= 4 is 10.0 Å². The van der Waals surface area contributed by atoms with E-state index in [0.29, 0.717) is 13.2 Å². The monoisotopic (exact) mass is 297 g/mol. The zero-order chi connectivity index (χ0) is 15.0. The van der Waals surface area contributed by atoms with Crippen molar-refractivity contribution in [2.24, 2.45) is 0 Å². The maximum Gasteiger partial charge on any atom is 0.241 e. The molecule has 0 aromatic heterocycles. The van der Waals surface area contributed by atoms with E-state index >= 15 is 0 Å². The molecule has 0 heterocycles. The van der Waals surface area contributed by atoms with E-state index in [1.807, 2.05) is 25.1 Å². The standard InChI is InChI=1S/C13H19N3O3S/c1-16(2)8-10-19-9-7-15-20(17,18)13-6-4-3-5-12(13)11-14/h3-6,15H,7-10H2,1-2H3. The third-order valence-corrected chi connectivity index (χ3v) is 4.04. The minimum absolute atomic E-state index is 0.00390. The first-order valence-electron chi connectivity index (χ1n) is 6.18. The molecule has 0 radical (unpaired) electrons. The van der Waals surface area contributed by atoms with Crippen LogP contribution in [0.15, 0.2) is 29.2 Å². The van der Waals surface area contributed by atoms with Crippen LogP contribution in [0.25, 0.3) is 0 Å². The van der Waals surface area contributed by atoms with Crippen molar-refractivity contribution in [3.63, 3.8) is 0 Å². The zero-order valence-electron chi connectivity index (χ0n) is 11.7. The first-order chi connectivity index (χ1) is 9.47. The molecule has 6 nitrogen and oxygen atoms in total. The van der Waals surface area contributed by atoms with Gasteiger partial charge in [-0.05, 0) is 26.2 Å². The minimum atomic E-state index is -3.67. The molecule has 1 aromatic carbocycles. The Labute approximate surface area is 120 Å². The van der Waals surface area contributed by atoms with E-state index in [2.05, 4.69) is 4.72 Å². The van der Waals surface area contributed by atoms with Crippen LogP contribution in [0.1, 0.15) is 5.56 Å². The molecule has 1 N–H and O–H groups in total. The number of nitrogens with zero attached hydrogens (tertiary/aromatic N) is 2. The lowest BCUT2D eigenvalue weighted by Crippen LogP contribution is -2.29. The molecular weight excluding hydrogens is 278 g/mol. The van der Waals surface area contributed by atoms with Crippen molar-refractivity contribution in [1.82, 2.24) is 9.62 Å². The normalized spacial score (nSPS) is 11.5. The number of hydrogen-bond acceptors (Lipinski definition) is 5. The van der Waals surface area contributed by atoms with Gasteiger partial charge in [0, 0.05) is 13.1 Å². The summed E-state index contributed by atoms with van der Waals surface area (Å²) in [4.78, 5) is 1.98. The number of rotatable bonds is 8. The van der Waals surface area contributed by atoms with Gasteiger partial charge in [-0.3, -0.25) is 0 Å². The Morgan fingerprint density at radius 1 is 1.30 bits per heavy atom. The number of sulfonamides is 1. The van der Waals surface area contributed by atoms with E-state index in [1.165, 1.54) is 12.1 Å². The van der Waals surface area contributed by atoms with Crippen LogP contribution in [0.5, 0.6) is 0 Å². The van der Waals surface area contributed by atoms with E-state index in [9.17, 15) is 8.42 Å². The fraction of sp³-hybridized carbons (Fsp3) is 0.462. The highest BCUT2D eigenvalue weighted by Gasteiger charge is 2.17. The van der Waals surface area contributed by atoms with Gasteiger partial charge in [0.2, 0.25) is 10.0 Å². The molecule has 0 saturated carbocycles. The van der Waals surface area contributed by atoms with E-state index < -0.39 is 10.0 Å². The molecule has 0 bridgehead atoms. The summed E-state index contributed by atoms with van der Waals surface area (Å²) < 4.78 is 31.8. The second-order valence-corrected chi connectivity index (χ2v) is 6.16. The van der Waals surface area contributed by atoms with Crippen molar-refractivity contribution in [3.05, 3.63) is 29.8 Å². The van der Waals surface area contributed by atoms with E-state index in [4.69, 9.17) is 10.00 Å². The molecule has 0 amide bonds. The van der Waals surface area contributed by atoms with Gasteiger partial charge in [-0.1, -0.05) is 12.1 Å². The highest BCUT2D eigenvalue weighted by Crippen LogP contribution is 2.13. The van der Waals surface area contributed by atoms with Gasteiger partial charge in [-0.2, -0.15) is 5.26 Å².